The van der Waals surface area contributed by atoms with Crippen molar-refractivity contribution >= 4 is 5.91 Å². The van der Waals surface area contributed by atoms with Crippen LogP contribution in [-0.4, -0.2) is 31.7 Å². The molecule has 1 fully saturated rings. The molecule has 0 bridgehead atoms. The highest BCUT2D eigenvalue weighted by Gasteiger charge is 2.61. The van der Waals surface area contributed by atoms with Gasteiger partial charge in [0.1, 0.15) is 0 Å². The summed E-state index contributed by atoms with van der Waals surface area (Å²) in [6.45, 7) is 2.32. The first-order valence-electron chi connectivity index (χ1n) is 6.50. The van der Waals surface area contributed by atoms with Crippen LogP contribution >= 0.6 is 0 Å². The highest BCUT2D eigenvalue weighted by Crippen LogP contribution is 2.43. The molecule has 1 rings (SSSR count). The van der Waals surface area contributed by atoms with Gasteiger partial charge in [-0.25, -0.2) is 0 Å². The van der Waals surface area contributed by atoms with Crippen molar-refractivity contribution in [2.75, 3.05) is 19.6 Å². The van der Waals surface area contributed by atoms with Gasteiger partial charge in [0.25, 0.3) is 0 Å². The molecule has 0 spiro atoms. The molecule has 0 aliphatic carbocycles. The number of halogens is 3. The van der Waals surface area contributed by atoms with Gasteiger partial charge in [-0.3, -0.25) is 4.79 Å². The Morgan fingerprint density at radius 3 is 2.56 bits per heavy atom. The van der Waals surface area contributed by atoms with Crippen LogP contribution in [0.1, 0.15) is 39.0 Å². The predicted octanol–water partition coefficient (Wildman–Crippen LogP) is 2.22. The first kappa shape index (κ1) is 15.3. The van der Waals surface area contributed by atoms with Gasteiger partial charge in [-0.05, 0) is 19.4 Å². The molecule has 1 unspecified atom stereocenters. The van der Waals surface area contributed by atoms with Gasteiger partial charge >= 0.3 is 6.18 Å². The fourth-order valence-electron chi connectivity index (χ4n) is 2.18. The van der Waals surface area contributed by atoms with Crippen molar-refractivity contribution in [3.8, 4) is 0 Å². The second-order valence-corrected chi connectivity index (χ2v) is 4.82. The number of hydrogen-bond donors (Lipinski definition) is 2. The topological polar surface area (TPSA) is 41.1 Å². The number of nitrogens with one attached hydrogen (secondary N) is 2. The third-order valence-corrected chi connectivity index (χ3v) is 3.45. The minimum absolute atomic E-state index is 0.169. The molecule has 6 heteroatoms. The Morgan fingerprint density at radius 2 is 2.06 bits per heavy atom. The normalized spacial score (nSPS) is 24.2. The largest absolute Gasteiger partial charge is 0.404 e. The number of carbonyl (C=O) groups excluding carboxylic acids is 1. The lowest BCUT2D eigenvalue weighted by molar-refractivity contribution is -0.216. The summed E-state index contributed by atoms with van der Waals surface area (Å²) in [5.74, 6) is -0.878. The molecule has 1 amide bonds. The average Bonchev–Trinajstić information content (AvgIpc) is 2.78. The summed E-state index contributed by atoms with van der Waals surface area (Å²) in [4.78, 5) is 11.8. The number of alkyl halides is 3. The van der Waals surface area contributed by atoms with Crippen LogP contribution in [-0.2, 0) is 4.79 Å². The van der Waals surface area contributed by atoms with Crippen molar-refractivity contribution in [2.45, 2.75) is 45.2 Å². The molecular formula is C12H21F3N2O. The fraction of sp³-hybridized carbons (Fsp3) is 0.917. The van der Waals surface area contributed by atoms with Crippen molar-refractivity contribution in [2.24, 2.45) is 5.41 Å². The van der Waals surface area contributed by atoms with Gasteiger partial charge in [0, 0.05) is 13.1 Å². The van der Waals surface area contributed by atoms with Crippen molar-refractivity contribution < 1.29 is 18.0 Å². The van der Waals surface area contributed by atoms with Crippen LogP contribution in [0.15, 0.2) is 0 Å². The Morgan fingerprint density at radius 1 is 1.33 bits per heavy atom. The van der Waals surface area contributed by atoms with Crippen LogP contribution in [0.3, 0.4) is 0 Å². The van der Waals surface area contributed by atoms with Crippen LogP contribution in [0.5, 0.6) is 0 Å². The molecule has 0 aromatic heterocycles. The highest BCUT2D eigenvalue weighted by molar-refractivity contribution is 5.84. The number of carbonyl (C=O) groups is 1. The van der Waals surface area contributed by atoms with Gasteiger partial charge in [-0.15, -0.1) is 0 Å². The van der Waals surface area contributed by atoms with Gasteiger partial charge in [0.2, 0.25) is 5.91 Å². The smallest absolute Gasteiger partial charge is 0.355 e. The monoisotopic (exact) mass is 266 g/mol. The molecule has 1 aliphatic heterocycles. The highest BCUT2D eigenvalue weighted by atomic mass is 19.4. The van der Waals surface area contributed by atoms with Crippen LogP contribution in [0.25, 0.3) is 0 Å². The summed E-state index contributed by atoms with van der Waals surface area (Å²) in [5, 5.41) is 5.06. The van der Waals surface area contributed by atoms with E-state index in [4.69, 9.17) is 0 Å². The van der Waals surface area contributed by atoms with E-state index in [0.717, 1.165) is 25.7 Å². The zero-order valence-corrected chi connectivity index (χ0v) is 10.7. The van der Waals surface area contributed by atoms with Gasteiger partial charge in [0.05, 0.1) is 0 Å². The molecule has 1 atom stereocenters. The summed E-state index contributed by atoms with van der Waals surface area (Å²) in [5.41, 5.74) is -2.22. The maximum atomic E-state index is 13.0. The summed E-state index contributed by atoms with van der Waals surface area (Å²) >= 11 is 0. The zero-order valence-electron chi connectivity index (χ0n) is 10.7. The van der Waals surface area contributed by atoms with Crippen LogP contribution in [0.4, 0.5) is 13.2 Å². The SMILES string of the molecule is CCCCCCNC(=O)C1(C(F)(F)F)CCNC1. The van der Waals surface area contributed by atoms with Crippen LogP contribution < -0.4 is 10.6 Å². The van der Waals surface area contributed by atoms with Gasteiger partial charge < -0.3 is 10.6 Å². The van der Waals surface area contributed by atoms with E-state index in [-0.39, 0.29) is 19.5 Å². The molecular weight excluding hydrogens is 245 g/mol. The third kappa shape index (κ3) is 3.37. The van der Waals surface area contributed by atoms with E-state index in [1.54, 1.807) is 0 Å². The molecule has 0 radical (unpaired) electrons. The fourth-order valence-corrected chi connectivity index (χ4v) is 2.18. The van der Waals surface area contributed by atoms with Crippen LogP contribution in [0.2, 0.25) is 0 Å². The van der Waals surface area contributed by atoms with Gasteiger partial charge in [-0.1, -0.05) is 26.2 Å². The van der Waals surface area contributed by atoms with Crippen molar-refractivity contribution in [1.29, 1.82) is 0 Å². The molecule has 3 nitrogen and oxygen atoms in total. The van der Waals surface area contributed by atoms with Crippen molar-refractivity contribution in [3.05, 3.63) is 0 Å². The lowest BCUT2D eigenvalue weighted by Gasteiger charge is -2.29. The molecule has 0 aromatic rings. The van der Waals surface area contributed by atoms with E-state index in [1.165, 1.54) is 0 Å². The second kappa shape index (κ2) is 6.41. The molecule has 1 saturated heterocycles. The number of unbranched alkanes of at least 4 members (excludes halogenated alkanes) is 3. The lowest BCUT2D eigenvalue weighted by Crippen LogP contribution is -2.52. The predicted molar refractivity (Wildman–Crippen MR) is 63.1 cm³/mol. The molecule has 0 aromatic carbocycles. The van der Waals surface area contributed by atoms with Crippen molar-refractivity contribution in [3.63, 3.8) is 0 Å². The van der Waals surface area contributed by atoms with E-state index in [9.17, 15) is 18.0 Å². The number of amides is 1. The van der Waals surface area contributed by atoms with E-state index in [1.807, 2.05) is 0 Å². The van der Waals surface area contributed by atoms with Crippen LogP contribution in [0, 0.1) is 5.41 Å². The Balaban J connectivity index is 2.47. The first-order chi connectivity index (χ1) is 8.44. The molecule has 0 saturated carbocycles. The van der Waals surface area contributed by atoms with E-state index >= 15 is 0 Å². The Hall–Kier alpha value is -0.780. The maximum absolute atomic E-state index is 13.0. The molecule has 106 valence electrons. The minimum atomic E-state index is -4.48. The Labute approximate surface area is 106 Å². The minimum Gasteiger partial charge on any atom is -0.355 e. The lowest BCUT2D eigenvalue weighted by atomic mass is 9.85. The molecule has 1 aliphatic rings. The average molecular weight is 266 g/mol. The Bertz CT molecular complexity index is 273. The van der Waals surface area contributed by atoms with Gasteiger partial charge in [-0.2, -0.15) is 13.2 Å². The number of rotatable bonds is 6. The quantitative estimate of drug-likeness (QED) is 0.724. The first-order valence-corrected chi connectivity index (χ1v) is 6.50. The zero-order chi connectivity index (χ0) is 13.6. The number of hydrogen-bond acceptors (Lipinski definition) is 2. The van der Waals surface area contributed by atoms with E-state index in [0.29, 0.717) is 6.54 Å². The molecule has 18 heavy (non-hydrogen) atoms. The Kier molecular flexibility index (Phi) is 5.44. The second-order valence-electron chi connectivity index (χ2n) is 4.82. The standard InChI is InChI=1S/C12H21F3N2O/c1-2-3-4-5-7-17-10(18)11(12(13,14)15)6-8-16-9-11/h16H,2-9H2,1H3,(H,17,18). The third-order valence-electron chi connectivity index (χ3n) is 3.45. The summed E-state index contributed by atoms with van der Waals surface area (Å²) in [6, 6.07) is 0. The van der Waals surface area contributed by atoms with E-state index in [2.05, 4.69) is 17.6 Å². The molecule has 1 heterocycles. The summed E-state index contributed by atoms with van der Waals surface area (Å²) in [6.07, 6.45) is -0.873. The summed E-state index contributed by atoms with van der Waals surface area (Å²) in [7, 11) is 0. The maximum Gasteiger partial charge on any atom is 0.404 e. The van der Waals surface area contributed by atoms with E-state index < -0.39 is 17.5 Å². The van der Waals surface area contributed by atoms with Gasteiger partial charge in [0.15, 0.2) is 5.41 Å². The summed E-state index contributed by atoms with van der Waals surface area (Å²) < 4.78 is 39.0. The molecule has 2 N–H and O–H groups in total. The van der Waals surface area contributed by atoms with Crippen molar-refractivity contribution in [1.82, 2.24) is 10.6 Å².